The van der Waals surface area contributed by atoms with Crippen molar-refractivity contribution in [2.45, 2.75) is 39.9 Å². The molecule has 0 N–H and O–H groups in total. The van der Waals surface area contributed by atoms with Crippen molar-refractivity contribution in [3.05, 3.63) is 75.9 Å². The van der Waals surface area contributed by atoms with Crippen LogP contribution in [0.25, 0.3) is 16.7 Å². The fourth-order valence-corrected chi connectivity index (χ4v) is 4.46. The topological polar surface area (TPSA) is 35.5 Å². The zero-order valence-electron chi connectivity index (χ0n) is 18.2. The molecule has 0 spiro atoms. The maximum absolute atomic E-state index is 12.9. The second kappa shape index (κ2) is 8.07. The Morgan fingerprint density at radius 2 is 1.21 bits per heavy atom. The van der Waals surface area contributed by atoms with Crippen molar-refractivity contribution in [1.29, 1.82) is 0 Å². The number of carbonyl (C=O) groups excluding carboxylic acids is 1. The predicted molar refractivity (Wildman–Crippen MR) is 114 cm³/mol. The lowest BCUT2D eigenvalue weighted by Gasteiger charge is -2.14. The van der Waals surface area contributed by atoms with Crippen molar-refractivity contribution in [2.75, 3.05) is 0 Å². The van der Waals surface area contributed by atoms with E-state index >= 15 is 0 Å². The second-order valence-corrected chi connectivity index (χ2v) is 7.87. The fraction of sp³-hybridized carbons (Fsp3) is 0.240. The molecule has 3 nitrogen and oxygen atoms in total. The molecule has 178 valence electrons. The first-order chi connectivity index (χ1) is 15.8. The average molecular weight is 480 g/mol. The molecule has 0 aromatic heterocycles. The summed E-state index contributed by atoms with van der Waals surface area (Å²) in [6, 6.07) is 7.57. The molecule has 34 heavy (non-hydrogen) atoms. The minimum Gasteiger partial charge on any atom is -0.406 e. The van der Waals surface area contributed by atoms with Crippen molar-refractivity contribution < 1.29 is 40.6 Å². The van der Waals surface area contributed by atoms with E-state index in [4.69, 9.17) is 0 Å². The van der Waals surface area contributed by atoms with E-state index in [0.29, 0.717) is 45.4 Å². The molecule has 0 atom stereocenters. The first-order valence-corrected chi connectivity index (χ1v) is 10.3. The molecular formula is C25H18F6O3. The molecule has 9 heteroatoms. The van der Waals surface area contributed by atoms with Crippen molar-refractivity contribution in [2.24, 2.45) is 0 Å². The maximum atomic E-state index is 12.9. The Bertz CT molecular complexity index is 1290. The van der Waals surface area contributed by atoms with Crippen LogP contribution in [-0.2, 0) is 0 Å². The van der Waals surface area contributed by atoms with Crippen molar-refractivity contribution in [1.82, 2.24) is 0 Å². The zero-order valence-corrected chi connectivity index (χ0v) is 18.2. The van der Waals surface area contributed by atoms with Gasteiger partial charge in [-0.25, -0.2) is 0 Å². The van der Waals surface area contributed by atoms with E-state index in [2.05, 4.69) is 9.47 Å². The summed E-state index contributed by atoms with van der Waals surface area (Å²) in [5.41, 5.74) is 4.58. The molecule has 0 bridgehead atoms. The fourth-order valence-electron chi connectivity index (χ4n) is 4.46. The summed E-state index contributed by atoms with van der Waals surface area (Å²) in [6.45, 7) is 5.25. The molecule has 0 unspecified atom stereocenters. The molecular weight excluding hydrogens is 462 g/mol. The predicted octanol–water partition coefficient (Wildman–Crippen LogP) is 7.73. The van der Waals surface area contributed by atoms with Crippen LogP contribution in [0.4, 0.5) is 26.3 Å². The zero-order chi connectivity index (χ0) is 25.0. The van der Waals surface area contributed by atoms with Gasteiger partial charge < -0.3 is 9.47 Å². The van der Waals surface area contributed by atoms with Gasteiger partial charge in [0.25, 0.3) is 0 Å². The smallest absolute Gasteiger partial charge is 0.406 e. The van der Waals surface area contributed by atoms with Crippen LogP contribution in [0.1, 0.15) is 54.2 Å². The van der Waals surface area contributed by atoms with Crippen LogP contribution in [0.5, 0.6) is 11.5 Å². The van der Waals surface area contributed by atoms with Gasteiger partial charge in [-0.05, 0) is 89.6 Å². The molecule has 0 fully saturated rings. The number of rotatable bonds is 4. The van der Waals surface area contributed by atoms with E-state index in [1.54, 1.807) is 13.8 Å². The van der Waals surface area contributed by atoms with Gasteiger partial charge in [0.1, 0.15) is 11.5 Å². The van der Waals surface area contributed by atoms with Crippen LogP contribution in [-0.4, -0.2) is 18.5 Å². The summed E-state index contributed by atoms with van der Waals surface area (Å²) in [4.78, 5) is 12.9. The first-order valence-electron chi connectivity index (χ1n) is 10.3. The van der Waals surface area contributed by atoms with Gasteiger partial charge in [-0.15, -0.1) is 26.3 Å². The Balaban J connectivity index is 1.86. The molecule has 2 aliphatic carbocycles. The van der Waals surface area contributed by atoms with Gasteiger partial charge in [0, 0.05) is 11.1 Å². The van der Waals surface area contributed by atoms with E-state index in [0.717, 1.165) is 17.7 Å². The molecule has 2 aromatic rings. The van der Waals surface area contributed by atoms with Gasteiger partial charge in [-0.3, -0.25) is 4.79 Å². The number of allylic oxidation sites excluding steroid dienone is 6. The van der Waals surface area contributed by atoms with Crippen LogP contribution < -0.4 is 9.47 Å². The van der Waals surface area contributed by atoms with E-state index in [1.165, 1.54) is 24.3 Å². The Morgan fingerprint density at radius 1 is 0.735 bits per heavy atom. The minimum absolute atomic E-state index is 0.0704. The van der Waals surface area contributed by atoms with Crippen molar-refractivity contribution in [3.63, 3.8) is 0 Å². The van der Waals surface area contributed by atoms with Crippen molar-refractivity contribution in [3.8, 4) is 11.5 Å². The summed E-state index contributed by atoms with van der Waals surface area (Å²) in [5, 5.41) is 0. The summed E-state index contributed by atoms with van der Waals surface area (Å²) in [5.74, 6) is -1.32. The van der Waals surface area contributed by atoms with Crippen LogP contribution in [0.3, 0.4) is 0 Å². The molecule has 0 heterocycles. The normalized spacial score (nSPS) is 17.0. The number of benzene rings is 2. The highest BCUT2D eigenvalue weighted by molar-refractivity contribution is 6.30. The molecule has 0 saturated heterocycles. The summed E-state index contributed by atoms with van der Waals surface area (Å²) < 4.78 is 84.2. The maximum Gasteiger partial charge on any atom is 0.573 e. The Kier molecular flexibility index (Phi) is 5.62. The molecule has 2 aromatic carbocycles. The molecule has 2 aliphatic rings. The Hall–Kier alpha value is -3.49. The van der Waals surface area contributed by atoms with Gasteiger partial charge in [-0.1, -0.05) is 19.1 Å². The van der Waals surface area contributed by atoms with Gasteiger partial charge >= 0.3 is 12.7 Å². The quantitative estimate of drug-likeness (QED) is 0.420. The highest BCUT2D eigenvalue weighted by Crippen LogP contribution is 2.52. The highest BCUT2D eigenvalue weighted by Gasteiger charge is 2.37. The van der Waals surface area contributed by atoms with Gasteiger partial charge in [-0.2, -0.15) is 0 Å². The third kappa shape index (κ3) is 4.22. The lowest BCUT2D eigenvalue weighted by atomic mass is 9.92. The van der Waals surface area contributed by atoms with Crippen LogP contribution >= 0.6 is 0 Å². The number of ketones is 1. The SMILES string of the molecule is CC/C=C1\C(C)=C(C2=C(C)C(=O)c3cc(OC(F)(F)F)ccc32)c2ccc(OC(F)(F)F)cc21. The molecule has 4 rings (SSSR count). The van der Waals surface area contributed by atoms with Crippen LogP contribution in [0, 0.1) is 0 Å². The Morgan fingerprint density at radius 3 is 1.71 bits per heavy atom. The van der Waals surface area contributed by atoms with E-state index in [9.17, 15) is 31.1 Å². The number of hydrogen-bond acceptors (Lipinski definition) is 3. The third-order valence-electron chi connectivity index (χ3n) is 5.68. The van der Waals surface area contributed by atoms with E-state index < -0.39 is 24.3 Å². The number of alkyl halides is 6. The molecule has 0 saturated carbocycles. The number of hydrogen-bond donors (Lipinski definition) is 0. The standard InChI is InChI=1S/C25H18F6O3/c1-4-5-16-12(2)21(17-8-6-14(10-19(16)17)33-24(26,27)28)22-13(3)23(32)20-11-15(7-9-18(20)22)34-25(29,30)31/h5-11H,4H2,1-3H3/b16-5+. The lowest BCUT2D eigenvalue weighted by Crippen LogP contribution is -2.17. The van der Waals surface area contributed by atoms with Gasteiger partial charge in [0.15, 0.2) is 5.78 Å². The highest BCUT2D eigenvalue weighted by atomic mass is 19.4. The summed E-state index contributed by atoms with van der Waals surface area (Å²) >= 11 is 0. The van der Waals surface area contributed by atoms with Gasteiger partial charge in [0.05, 0.1) is 0 Å². The second-order valence-electron chi connectivity index (χ2n) is 7.87. The number of halogens is 6. The van der Waals surface area contributed by atoms with Crippen LogP contribution in [0.2, 0.25) is 0 Å². The average Bonchev–Trinajstić information content (AvgIpc) is 3.11. The van der Waals surface area contributed by atoms with Gasteiger partial charge in [0.2, 0.25) is 0 Å². The number of Topliss-reactive ketones (excluding diaryl/α,β-unsaturated/α-hetero) is 1. The first kappa shape index (κ1) is 23.7. The lowest BCUT2D eigenvalue weighted by molar-refractivity contribution is -0.275. The monoisotopic (exact) mass is 480 g/mol. The Labute approximate surface area is 191 Å². The molecule has 0 aliphatic heterocycles. The summed E-state index contributed by atoms with van der Waals surface area (Å²) in [7, 11) is 0. The number of carbonyl (C=O) groups is 1. The molecule has 0 amide bonds. The number of fused-ring (bicyclic) bond motifs is 2. The van der Waals surface area contributed by atoms with Crippen molar-refractivity contribution >= 4 is 22.5 Å². The summed E-state index contributed by atoms with van der Waals surface area (Å²) in [6.07, 6.45) is -7.28. The third-order valence-corrected chi connectivity index (χ3v) is 5.68. The van der Waals surface area contributed by atoms with E-state index in [-0.39, 0.29) is 11.3 Å². The largest absolute Gasteiger partial charge is 0.573 e. The molecule has 0 radical (unpaired) electrons. The van der Waals surface area contributed by atoms with E-state index in [1.807, 2.05) is 13.0 Å². The minimum atomic E-state index is -4.90. The number of ether oxygens (including phenoxy) is 2. The van der Waals surface area contributed by atoms with Crippen LogP contribution in [0.15, 0.2) is 53.6 Å².